The number of hydrogen-bond acceptors (Lipinski definition) is 2. The van der Waals surface area contributed by atoms with Crippen LogP contribution in [0.25, 0.3) is 0 Å². The minimum absolute atomic E-state index is 0.0873. The fourth-order valence-corrected chi connectivity index (χ4v) is 2.23. The van der Waals surface area contributed by atoms with Crippen molar-refractivity contribution in [2.24, 2.45) is 11.7 Å². The third-order valence-electron chi connectivity index (χ3n) is 3.76. The molecular formula is C15H22N2O. The second kappa shape index (κ2) is 4.73. The Morgan fingerprint density at radius 1 is 1.33 bits per heavy atom. The molecule has 1 aromatic rings. The monoisotopic (exact) mass is 246 g/mol. The van der Waals surface area contributed by atoms with Gasteiger partial charge in [-0.25, -0.2) is 0 Å². The molecule has 0 aliphatic heterocycles. The number of hydrogen-bond donors (Lipinski definition) is 2. The number of nitrogens with two attached hydrogens (primary N) is 1. The third kappa shape index (κ3) is 2.91. The molecule has 0 saturated heterocycles. The molecule has 0 radical (unpaired) electrons. The summed E-state index contributed by atoms with van der Waals surface area (Å²) >= 11 is 0. The predicted octanol–water partition coefficient (Wildman–Crippen LogP) is 2.30. The minimum Gasteiger partial charge on any atom is -0.349 e. The van der Waals surface area contributed by atoms with E-state index in [9.17, 15) is 4.79 Å². The van der Waals surface area contributed by atoms with Crippen LogP contribution in [-0.2, 0) is 4.79 Å². The maximum Gasteiger partial charge on any atom is 0.241 e. The standard InChI is InChI=1S/C15H22N2O/c1-10-4-6-11(7-5-10)13(16)14(18)17-15(2,3)12-8-9-12/h4-7,12-13H,8-9,16H2,1-3H3,(H,17,18). The summed E-state index contributed by atoms with van der Waals surface area (Å²) in [5, 5.41) is 3.07. The third-order valence-corrected chi connectivity index (χ3v) is 3.76. The van der Waals surface area contributed by atoms with E-state index in [0.717, 1.165) is 5.56 Å². The SMILES string of the molecule is Cc1ccc(C(N)C(=O)NC(C)(C)C2CC2)cc1. The van der Waals surface area contributed by atoms with E-state index in [0.29, 0.717) is 5.92 Å². The van der Waals surface area contributed by atoms with Crippen molar-refractivity contribution < 1.29 is 4.79 Å². The Balaban J connectivity index is 2.02. The van der Waals surface area contributed by atoms with Crippen LogP contribution in [0.5, 0.6) is 0 Å². The number of benzene rings is 1. The van der Waals surface area contributed by atoms with E-state index in [2.05, 4.69) is 19.2 Å². The topological polar surface area (TPSA) is 55.1 Å². The lowest BCUT2D eigenvalue weighted by Crippen LogP contribution is -2.48. The zero-order chi connectivity index (χ0) is 13.3. The van der Waals surface area contributed by atoms with Gasteiger partial charge in [-0.1, -0.05) is 29.8 Å². The molecule has 3 heteroatoms. The highest BCUT2D eigenvalue weighted by Crippen LogP contribution is 2.39. The number of carbonyl (C=O) groups is 1. The summed E-state index contributed by atoms with van der Waals surface area (Å²) < 4.78 is 0. The van der Waals surface area contributed by atoms with E-state index >= 15 is 0 Å². The van der Waals surface area contributed by atoms with Gasteiger partial charge in [0.15, 0.2) is 0 Å². The molecule has 98 valence electrons. The van der Waals surface area contributed by atoms with E-state index in [1.807, 2.05) is 31.2 Å². The zero-order valence-electron chi connectivity index (χ0n) is 11.4. The number of aryl methyl sites for hydroxylation is 1. The van der Waals surface area contributed by atoms with Crippen LogP contribution < -0.4 is 11.1 Å². The quantitative estimate of drug-likeness (QED) is 0.856. The largest absolute Gasteiger partial charge is 0.349 e. The molecule has 0 heterocycles. The maximum atomic E-state index is 12.1. The first-order valence-corrected chi connectivity index (χ1v) is 6.54. The molecule has 1 saturated carbocycles. The van der Waals surface area contributed by atoms with Crippen molar-refractivity contribution in [3.05, 3.63) is 35.4 Å². The van der Waals surface area contributed by atoms with Gasteiger partial charge in [0.2, 0.25) is 5.91 Å². The Kier molecular flexibility index (Phi) is 3.44. The summed E-state index contributed by atoms with van der Waals surface area (Å²) in [5.74, 6) is 0.516. The first-order chi connectivity index (χ1) is 8.40. The smallest absolute Gasteiger partial charge is 0.241 e. The van der Waals surface area contributed by atoms with E-state index in [-0.39, 0.29) is 11.4 Å². The highest BCUT2D eigenvalue weighted by Gasteiger charge is 2.39. The van der Waals surface area contributed by atoms with Gasteiger partial charge in [0, 0.05) is 5.54 Å². The molecule has 1 aliphatic carbocycles. The van der Waals surface area contributed by atoms with E-state index in [4.69, 9.17) is 5.73 Å². The van der Waals surface area contributed by atoms with Gasteiger partial charge in [-0.2, -0.15) is 0 Å². The fourth-order valence-electron chi connectivity index (χ4n) is 2.23. The number of amides is 1. The molecule has 3 nitrogen and oxygen atoms in total. The van der Waals surface area contributed by atoms with Gasteiger partial charge in [0.05, 0.1) is 0 Å². The summed E-state index contributed by atoms with van der Waals surface area (Å²) in [7, 11) is 0. The van der Waals surface area contributed by atoms with Crippen LogP contribution in [0.4, 0.5) is 0 Å². The Bertz CT molecular complexity index is 432. The van der Waals surface area contributed by atoms with Crippen LogP contribution >= 0.6 is 0 Å². The Labute approximate surface area is 109 Å². The Morgan fingerprint density at radius 2 is 1.89 bits per heavy atom. The average molecular weight is 246 g/mol. The van der Waals surface area contributed by atoms with Gasteiger partial charge in [0.25, 0.3) is 0 Å². The fraction of sp³-hybridized carbons (Fsp3) is 0.533. The van der Waals surface area contributed by atoms with Crippen LogP contribution in [0.15, 0.2) is 24.3 Å². The van der Waals surface area contributed by atoms with Gasteiger partial charge in [-0.3, -0.25) is 4.79 Å². The van der Waals surface area contributed by atoms with E-state index < -0.39 is 6.04 Å². The normalized spacial score (nSPS) is 17.3. The minimum atomic E-state index is -0.580. The number of carbonyl (C=O) groups excluding carboxylic acids is 1. The molecule has 1 amide bonds. The van der Waals surface area contributed by atoms with Crippen molar-refractivity contribution in [3.8, 4) is 0 Å². The van der Waals surface area contributed by atoms with Crippen LogP contribution in [0, 0.1) is 12.8 Å². The average Bonchev–Trinajstić information content (AvgIpc) is 3.12. The molecule has 1 fully saturated rings. The number of nitrogens with one attached hydrogen (secondary N) is 1. The number of rotatable bonds is 4. The van der Waals surface area contributed by atoms with Gasteiger partial charge in [0.1, 0.15) is 6.04 Å². The highest BCUT2D eigenvalue weighted by molar-refractivity contribution is 5.83. The van der Waals surface area contributed by atoms with Gasteiger partial charge < -0.3 is 11.1 Å². The molecule has 2 rings (SSSR count). The van der Waals surface area contributed by atoms with Gasteiger partial charge in [-0.05, 0) is 45.1 Å². The van der Waals surface area contributed by atoms with Crippen molar-refractivity contribution >= 4 is 5.91 Å². The molecule has 1 aliphatic rings. The molecule has 18 heavy (non-hydrogen) atoms. The summed E-state index contributed by atoms with van der Waals surface area (Å²) in [6.07, 6.45) is 2.40. The van der Waals surface area contributed by atoms with Gasteiger partial charge in [-0.15, -0.1) is 0 Å². The van der Waals surface area contributed by atoms with Crippen molar-refractivity contribution in [3.63, 3.8) is 0 Å². The zero-order valence-corrected chi connectivity index (χ0v) is 11.4. The van der Waals surface area contributed by atoms with Crippen molar-refractivity contribution in [1.82, 2.24) is 5.32 Å². The second-order valence-corrected chi connectivity index (χ2v) is 5.87. The van der Waals surface area contributed by atoms with Crippen molar-refractivity contribution in [2.75, 3.05) is 0 Å². The van der Waals surface area contributed by atoms with Crippen molar-refractivity contribution in [2.45, 2.75) is 45.2 Å². The predicted molar refractivity (Wildman–Crippen MR) is 73.1 cm³/mol. The molecule has 1 aromatic carbocycles. The Morgan fingerprint density at radius 3 is 2.39 bits per heavy atom. The molecule has 0 aromatic heterocycles. The summed E-state index contributed by atoms with van der Waals surface area (Å²) in [6, 6.07) is 7.22. The van der Waals surface area contributed by atoms with Crippen molar-refractivity contribution in [1.29, 1.82) is 0 Å². The van der Waals surface area contributed by atoms with Crippen LogP contribution in [0.3, 0.4) is 0 Å². The van der Waals surface area contributed by atoms with Gasteiger partial charge >= 0.3 is 0 Å². The molecular weight excluding hydrogens is 224 g/mol. The molecule has 0 spiro atoms. The van der Waals surface area contributed by atoms with Crippen LogP contribution in [0.2, 0.25) is 0 Å². The second-order valence-electron chi connectivity index (χ2n) is 5.87. The van der Waals surface area contributed by atoms with E-state index in [1.54, 1.807) is 0 Å². The summed E-state index contributed by atoms with van der Waals surface area (Å²) in [4.78, 5) is 12.1. The molecule has 3 N–H and O–H groups in total. The molecule has 1 atom stereocenters. The van der Waals surface area contributed by atoms with E-state index in [1.165, 1.54) is 18.4 Å². The van der Waals surface area contributed by atoms with Crippen LogP contribution in [-0.4, -0.2) is 11.4 Å². The lowest BCUT2D eigenvalue weighted by atomic mass is 9.97. The summed E-state index contributed by atoms with van der Waals surface area (Å²) in [5.41, 5.74) is 7.90. The first kappa shape index (κ1) is 13.1. The lowest BCUT2D eigenvalue weighted by molar-refractivity contribution is -0.124. The molecule has 1 unspecified atom stereocenters. The molecule has 0 bridgehead atoms. The highest BCUT2D eigenvalue weighted by atomic mass is 16.2. The first-order valence-electron chi connectivity index (χ1n) is 6.54. The maximum absolute atomic E-state index is 12.1. The lowest BCUT2D eigenvalue weighted by Gasteiger charge is -2.28. The van der Waals surface area contributed by atoms with Crippen LogP contribution in [0.1, 0.15) is 43.9 Å². The summed E-state index contributed by atoms with van der Waals surface area (Å²) in [6.45, 7) is 6.17. The Hall–Kier alpha value is -1.35.